The zero-order chi connectivity index (χ0) is 15.8. The van der Waals surface area contributed by atoms with E-state index in [-0.39, 0.29) is 12.5 Å². The second kappa shape index (κ2) is 9.34. The fourth-order valence-corrected chi connectivity index (χ4v) is 2.70. The normalized spacial score (nSPS) is 12.2. The lowest BCUT2D eigenvalue weighted by atomic mass is 10.1. The molecule has 0 aromatic carbocycles. The molecule has 0 aromatic heterocycles. The van der Waals surface area contributed by atoms with Crippen molar-refractivity contribution in [2.75, 3.05) is 32.4 Å². The van der Waals surface area contributed by atoms with Crippen molar-refractivity contribution < 1.29 is 13.2 Å². The van der Waals surface area contributed by atoms with Gasteiger partial charge in [0, 0.05) is 19.6 Å². The molecule has 0 atom stereocenters. The Morgan fingerprint density at radius 1 is 1.05 bits per heavy atom. The minimum absolute atomic E-state index is 0.0362. The van der Waals surface area contributed by atoms with Crippen molar-refractivity contribution in [2.24, 2.45) is 5.92 Å². The van der Waals surface area contributed by atoms with E-state index in [1.165, 1.54) is 10.6 Å². The van der Waals surface area contributed by atoms with E-state index in [1.807, 2.05) is 27.7 Å². The summed E-state index contributed by atoms with van der Waals surface area (Å²) in [5, 5.41) is 0. The maximum atomic E-state index is 12.2. The van der Waals surface area contributed by atoms with Crippen molar-refractivity contribution in [3.05, 3.63) is 0 Å². The van der Waals surface area contributed by atoms with Crippen LogP contribution in [0.3, 0.4) is 0 Å². The zero-order valence-corrected chi connectivity index (χ0v) is 14.4. The standard InChI is InChI=1S/C14H30N2O3S/c1-6-9-15(10-7-2)14(17)12-16(20(5,18)19)11-8-13(3)4/h13H,6-12H2,1-5H3. The van der Waals surface area contributed by atoms with Crippen molar-refractivity contribution in [3.8, 4) is 0 Å². The van der Waals surface area contributed by atoms with Crippen LogP contribution < -0.4 is 0 Å². The highest BCUT2D eigenvalue weighted by Crippen LogP contribution is 2.07. The summed E-state index contributed by atoms with van der Waals surface area (Å²) in [4.78, 5) is 14.0. The van der Waals surface area contributed by atoms with Gasteiger partial charge in [-0.15, -0.1) is 0 Å². The molecule has 0 spiro atoms. The van der Waals surface area contributed by atoms with Crippen LogP contribution in [0.5, 0.6) is 0 Å². The Morgan fingerprint density at radius 3 is 1.90 bits per heavy atom. The smallest absolute Gasteiger partial charge is 0.237 e. The molecule has 0 fully saturated rings. The summed E-state index contributed by atoms with van der Waals surface area (Å²) < 4.78 is 24.8. The van der Waals surface area contributed by atoms with E-state index in [2.05, 4.69) is 0 Å². The Kier molecular flexibility index (Phi) is 9.05. The molecule has 0 saturated heterocycles. The summed E-state index contributed by atoms with van der Waals surface area (Å²) >= 11 is 0. The van der Waals surface area contributed by atoms with Crippen molar-refractivity contribution in [1.82, 2.24) is 9.21 Å². The molecule has 120 valence electrons. The molecule has 0 aliphatic carbocycles. The van der Waals surface area contributed by atoms with Gasteiger partial charge in [0.05, 0.1) is 12.8 Å². The zero-order valence-electron chi connectivity index (χ0n) is 13.6. The highest BCUT2D eigenvalue weighted by atomic mass is 32.2. The summed E-state index contributed by atoms with van der Waals surface area (Å²) in [7, 11) is -3.33. The van der Waals surface area contributed by atoms with Gasteiger partial charge in [-0.3, -0.25) is 4.79 Å². The maximum Gasteiger partial charge on any atom is 0.237 e. The number of carbonyl (C=O) groups excluding carboxylic acids is 1. The van der Waals surface area contributed by atoms with E-state index in [1.54, 1.807) is 4.90 Å². The number of carbonyl (C=O) groups is 1. The lowest BCUT2D eigenvalue weighted by Gasteiger charge is -2.26. The van der Waals surface area contributed by atoms with Crippen LogP contribution in [-0.2, 0) is 14.8 Å². The molecule has 0 radical (unpaired) electrons. The van der Waals surface area contributed by atoms with Crippen LogP contribution in [0.25, 0.3) is 0 Å². The average Bonchev–Trinajstić information content (AvgIpc) is 2.32. The number of nitrogens with zero attached hydrogens (tertiary/aromatic N) is 2. The van der Waals surface area contributed by atoms with Gasteiger partial charge < -0.3 is 4.90 Å². The molecule has 0 unspecified atom stereocenters. The third kappa shape index (κ3) is 7.85. The first kappa shape index (κ1) is 19.4. The summed E-state index contributed by atoms with van der Waals surface area (Å²) in [6, 6.07) is 0. The molecule has 20 heavy (non-hydrogen) atoms. The highest BCUT2D eigenvalue weighted by molar-refractivity contribution is 7.88. The van der Waals surface area contributed by atoms with Crippen LogP contribution in [0.2, 0.25) is 0 Å². The number of hydrogen-bond donors (Lipinski definition) is 0. The molecule has 0 bridgehead atoms. The largest absolute Gasteiger partial charge is 0.342 e. The van der Waals surface area contributed by atoms with Gasteiger partial charge in [-0.25, -0.2) is 8.42 Å². The molecule has 0 rings (SSSR count). The van der Waals surface area contributed by atoms with E-state index in [9.17, 15) is 13.2 Å². The summed E-state index contributed by atoms with van der Waals surface area (Å²) in [6.45, 7) is 9.88. The highest BCUT2D eigenvalue weighted by Gasteiger charge is 2.22. The van der Waals surface area contributed by atoms with Crippen molar-refractivity contribution >= 4 is 15.9 Å². The molecule has 5 nitrogen and oxygen atoms in total. The third-order valence-corrected chi connectivity index (χ3v) is 4.33. The Morgan fingerprint density at radius 2 is 1.55 bits per heavy atom. The molecular weight excluding hydrogens is 276 g/mol. The van der Waals surface area contributed by atoms with Crippen LogP contribution in [0.15, 0.2) is 0 Å². The number of rotatable bonds is 10. The molecule has 1 amide bonds. The lowest BCUT2D eigenvalue weighted by Crippen LogP contribution is -2.43. The van der Waals surface area contributed by atoms with E-state index >= 15 is 0 Å². The van der Waals surface area contributed by atoms with Gasteiger partial charge in [0.2, 0.25) is 15.9 Å². The second-order valence-electron chi connectivity index (χ2n) is 5.66. The minimum atomic E-state index is -3.33. The van der Waals surface area contributed by atoms with Crippen molar-refractivity contribution in [2.45, 2.75) is 47.0 Å². The quantitative estimate of drug-likeness (QED) is 0.620. The summed E-state index contributed by atoms with van der Waals surface area (Å²) in [5.41, 5.74) is 0. The van der Waals surface area contributed by atoms with Gasteiger partial charge in [-0.2, -0.15) is 4.31 Å². The van der Waals surface area contributed by atoms with Gasteiger partial charge in [0.1, 0.15) is 0 Å². The van der Waals surface area contributed by atoms with E-state index in [0.29, 0.717) is 25.6 Å². The number of hydrogen-bond acceptors (Lipinski definition) is 3. The molecule has 0 N–H and O–H groups in total. The summed E-state index contributed by atoms with van der Waals surface area (Å²) in [6.07, 6.45) is 3.71. The molecule has 0 aromatic rings. The lowest BCUT2D eigenvalue weighted by molar-refractivity contribution is -0.131. The van der Waals surface area contributed by atoms with Crippen LogP contribution in [-0.4, -0.2) is 56.0 Å². The van der Waals surface area contributed by atoms with Gasteiger partial charge in [0.15, 0.2) is 0 Å². The second-order valence-corrected chi connectivity index (χ2v) is 7.64. The molecule has 0 heterocycles. The van der Waals surface area contributed by atoms with Gasteiger partial charge in [0.25, 0.3) is 0 Å². The third-order valence-electron chi connectivity index (χ3n) is 3.08. The SMILES string of the molecule is CCCN(CCC)C(=O)CN(CCC(C)C)S(C)(=O)=O. The van der Waals surface area contributed by atoms with Crippen LogP contribution in [0.4, 0.5) is 0 Å². The molecule has 6 heteroatoms. The van der Waals surface area contributed by atoms with Gasteiger partial charge in [-0.05, 0) is 25.2 Å². The van der Waals surface area contributed by atoms with Crippen LogP contribution in [0, 0.1) is 5.92 Å². The fraction of sp³-hybridized carbons (Fsp3) is 0.929. The topological polar surface area (TPSA) is 57.7 Å². The Hall–Kier alpha value is -0.620. The van der Waals surface area contributed by atoms with E-state index in [0.717, 1.165) is 19.3 Å². The maximum absolute atomic E-state index is 12.2. The minimum Gasteiger partial charge on any atom is -0.342 e. The first-order chi connectivity index (χ1) is 9.22. The predicted octanol–water partition coefficient (Wildman–Crippen LogP) is 1.94. The predicted molar refractivity (Wildman–Crippen MR) is 83.0 cm³/mol. The van der Waals surface area contributed by atoms with Crippen molar-refractivity contribution in [1.29, 1.82) is 0 Å². The molecular formula is C14H30N2O3S. The van der Waals surface area contributed by atoms with E-state index < -0.39 is 10.0 Å². The Labute approximate surface area is 124 Å². The van der Waals surface area contributed by atoms with E-state index in [4.69, 9.17) is 0 Å². The fourth-order valence-electron chi connectivity index (χ4n) is 1.92. The number of amides is 1. The Bertz CT molecular complexity index is 374. The molecule has 0 saturated carbocycles. The van der Waals surface area contributed by atoms with Crippen molar-refractivity contribution in [3.63, 3.8) is 0 Å². The number of sulfonamides is 1. The Balaban J connectivity index is 4.74. The van der Waals surface area contributed by atoms with Gasteiger partial charge >= 0.3 is 0 Å². The van der Waals surface area contributed by atoms with Crippen LogP contribution in [0.1, 0.15) is 47.0 Å². The first-order valence-electron chi connectivity index (χ1n) is 7.45. The molecule has 0 aliphatic heterocycles. The van der Waals surface area contributed by atoms with Gasteiger partial charge in [-0.1, -0.05) is 27.7 Å². The summed E-state index contributed by atoms with van der Waals surface area (Å²) in [5.74, 6) is 0.319. The average molecular weight is 306 g/mol. The monoisotopic (exact) mass is 306 g/mol. The van der Waals surface area contributed by atoms with Crippen LogP contribution >= 0.6 is 0 Å². The first-order valence-corrected chi connectivity index (χ1v) is 9.30. The molecule has 0 aliphatic rings.